The minimum absolute atomic E-state index is 0.970. The highest BCUT2D eigenvalue weighted by Crippen LogP contribution is 2.48. The number of hydrogen-bond donors (Lipinski definition) is 2. The van der Waals surface area contributed by atoms with Crippen LogP contribution in [0.1, 0.15) is 25.7 Å². The molecule has 5 heteroatoms. The molecule has 4 unspecified atom stereocenters. The Morgan fingerprint density at radius 3 is 1.68 bits per heavy atom. The Labute approximate surface area is 142 Å². The smallest absolute Gasteiger partial charge is 0.00862 e. The summed E-state index contributed by atoms with van der Waals surface area (Å²) in [5.74, 6) is 9.24. The summed E-state index contributed by atoms with van der Waals surface area (Å²) >= 11 is 15.2. The Kier molecular flexibility index (Phi) is 8.74. The first-order valence-corrected chi connectivity index (χ1v) is 11.9. The van der Waals surface area contributed by atoms with Crippen LogP contribution in [-0.2, 0) is 0 Å². The van der Waals surface area contributed by atoms with Gasteiger partial charge in [-0.15, -0.1) is 0 Å². The summed E-state index contributed by atoms with van der Waals surface area (Å²) in [5, 5.41) is 1.94. The second-order valence-electron chi connectivity index (χ2n) is 5.48. The van der Waals surface area contributed by atoms with Gasteiger partial charge in [0.15, 0.2) is 0 Å². The fraction of sp³-hybridized carbons (Fsp3) is 1.00. The lowest BCUT2D eigenvalue weighted by Crippen LogP contribution is -2.38. The van der Waals surface area contributed by atoms with Gasteiger partial charge in [-0.3, -0.25) is 0 Å². The van der Waals surface area contributed by atoms with E-state index in [9.17, 15) is 0 Å². The molecule has 0 aromatic carbocycles. The van der Waals surface area contributed by atoms with Crippen LogP contribution in [0, 0.1) is 11.8 Å². The lowest BCUT2D eigenvalue weighted by Gasteiger charge is -2.44. The lowest BCUT2D eigenvalue weighted by atomic mass is 9.85. The normalized spacial score (nSPS) is 34.4. The second kappa shape index (κ2) is 9.70. The van der Waals surface area contributed by atoms with Crippen LogP contribution in [0.4, 0.5) is 0 Å². The predicted octanol–water partition coefficient (Wildman–Crippen LogP) is 4.60. The molecule has 0 aliphatic carbocycles. The molecule has 112 valence electrons. The van der Waals surface area contributed by atoms with Gasteiger partial charge in [0.05, 0.1) is 0 Å². The highest BCUT2D eigenvalue weighted by Gasteiger charge is 2.38. The van der Waals surface area contributed by atoms with Crippen molar-refractivity contribution in [3.63, 3.8) is 0 Å². The SMILES string of the molecule is SCCSCC1CCC2SC1CCC2CSCCS. The minimum Gasteiger partial charge on any atom is -0.179 e. The fourth-order valence-corrected chi connectivity index (χ4v) is 8.08. The summed E-state index contributed by atoms with van der Waals surface area (Å²) in [4.78, 5) is 0. The maximum Gasteiger partial charge on any atom is 0.00862 e. The van der Waals surface area contributed by atoms with Gasteiger partial charge >= 0.3 is 0 Å². The number of rotatable bonds is 8. The van der Waals surface area contributed by atoms with E-state index in [0.717, 1.165) is 33.8 Å². The monoisotopic (exact) mass is 354 g/mol. The third-order valence-electron chi connectivity index (χ3n) is 4.18. The van der Waals surface area contributed by atoms with E-state index in [-0.39, 0.29) is 0 Å². The van der Waals surface area contributed by atoms with Gasteiger partial charge in [0.25, 0.3) is 0 Å². The molecule has 0 aromatic heterocycles. The predicted molar refractivity (Wildman–Crippen MR) is 103 cm³/mol. The number of thioether (sulfide) groups is 3. The molecule has 0 spiro atoms. The first-order chi connectivity index (χ1) is 9.35. The molecule has 19 heavy (non-hydrogen) atoms. The summed E-state index contributed by atoms with van der Waals surface area (Å²) in [5.41, 5.74) is 0. The summed E-state index contributed by atoms with van der Waals surface area (Å²) in [6.07, 6.45) is 5.91. The highest BCUT2D eigenvalue weighted by atomic mass is 32.2. The van der Waals surface area contributed by atoms with Gasteiger partial charge in [-0.25, -0.2) is 0 Å². The quantitative estimate of drug-likeness (QED) is 0.483. The first kappa shape index (κ1) is 17.1. The van der Waals surface area contributed by atoms with Crippen molar-refractivity contribution in [1.82, 2.24) is 0 Å². The van der Waals surface area contributed by atoms with Crippen LogP contribution < -0.4 is 0 Å². The molecule has 2 fully saturated rings. The summed E-state index contributed by atoms with van der Waals surface area (Å²) in [6, 6.07) is 0. The van der Waals surface area contributed by atoms with Crippen molar-refractivity contribution in [1.29, 1.82) is 0 Å². The van der Waals surface area contributed by atoms with E-state index in [4.69, 9.17) is 0 Å². The van der Waals surface area contributed by atoms with Crippen LogP contribution >= 0.6 is 60.5 Å². The van der Waals surface area contributed by atoms with Gasteiger partial charge in [-0.2, -0.15) is 60.5 Å². The molecule has 2 bridgehead atoms. The molecule has 0 nitrogen and oxygen atoms in total. The molecular formula is C14H26S5. The van der Waals surface area contributed by atoms with Crippen LogP contribution in [0.15, 0.2) is 0 Å². The van der Waals surface area contributed by atoms with Crippen LogP contribution in [0.2, 0.25) is 0 Å². The van der Waals surface area contributed by atoms with E-state index < -0.39 is 0 Å². The zero-order valence-corrected chi connectivity index (χ0v) is 15.7. The third kappa shape index (κ3) is 5.46. The van der Waals surface area contributed by atoms with E-state index >= 15 is 0 Å². The average Bonchev–Trinajstić information content (AvgIpc) is 2.44. The van der Waals surface area contributed by atoms with Crippen LogP contribution in [0.25, 0.3) is 0 Å². The summed E-state index contributed by atoms with van der Waals surface area (Å²) in [6.45, 7) is 0. The first-order valence-electron chi connectivity index (χ1n) is 7.37. The number of fused-ring (bicyclic) bond motifs is 2. The zero-order chi connectivity index (χ0) is 13.5. The molecule has 2 rings (SSSR count). The van der Waals surface area contributed by atoms with Crippen LogP contribution in [0.3, 0.4) is 0 Å². The van der Waals surface area contributed by atoms with E-state index in [1.54, 1.807) is 0 Å². The molecule has 0 N–H and O–H groups in total. The Bertz CT molecular complexity index is 224. The molecule has 2 saturated heterocycles. The van der Waals surface area contributed by atoms with Crippen LogP contribution in [-0.4, -0.2) is 45.0 Å². The lowest BCUT2D eigenvalue weighted by molar-refractivity contribution is 0.343. The van der Waals surface area contributed by atoms with Crippen LogP contribution in [0.5, 0.6) is 0 Å². The molecule has 0 saturated carbocycles. The van der Waals surface area contributed by atoms with Crippen molar-refractivity contribution in [3.05, 3.63) is 0 Å². The standard InChI is InChI=1S/C14H26S5/c15-5-7-17-9-11-1-3-13-12(10-18-8-6-16)2-4-14(11)19-13/h11-16H,1-10H2. The molecule has 2 heterocycles. The van der Waals surface area contributed by atoms with Crippen molar-refractivity contribution in [2.24, 2.45) is 11.8 Å². The van der Waals surface area contributed by atoms with E-state index in [2.05, 4.69) is 60.5 Å². The van der Waals surface area contributed by atoms with Gasteiger partial charge in [0.1, 0.15) is 0 Å². The number of thiol groups is 2. The van der Waals surface area contributed by atoms with Gasteiger partial charge in [0, 0.05) is 22.0 Å². The fourth-order valence-electron chi connectivity index (χ4n) is 3.16. The van der Waals surface area contributed by atoms with E-state index in [1.807, 2.05) is 0 Å². The molecule has 4 atom stereocenters. The van der Waals surface area contributed by atoms with Crippen molar-refractivity contribution in [2.45, 2.75) is 36.2 Å². The molecule has 2 aliphatic heterocycles. The van der Waals surface area contributed by atoms with E-state index in [0.29, 0.717) is 0 Å². The molecular weight excluding hydrogens is 328 g/mol. The van der Waals surface area contributed by atoms with Gasteiger partial charge in [-0.1, -0.05) is 0 Å². The highest BCUT2D eigenvalue weighted by molar-refractivity contribution is 8.01. The maximum atomic E-state index is 4.31. The molecule has 0 amide bonds. The van der Waals surface area contributed by atoms with E-state index in [1.165, 1.54) is 48.7 Å². The second-order valence-corrected chi connectivity index (χ2v) is 10.2. The molecule has 0 radical (unpaired) electrons. The van der Waals surface area contributed by atoms with Crippen molar-refractivity contribution < 1.29 is 0 Å². The Balaban J connectivity index is 1.71. The Morgan fingerprint density at radius 2 is 1.26 bits per heavy atom. The van der Waals surface area contributed by atoms with Gasteiger partial charge < -0.3 is 0 Å². The summed E-state index contributed by atoms with van der Waals surface area (Å²) < 4.78 is 0. The minimum atomic E-state index is 0.970. The van der Waals surface area contributed by atoms with Gasteiger partial charge in [-0.05, 0) is 60.5 Å². The van der Waals surface area contributed by atoms with Crippen molar-refractivity contribution in [2.75, 3.05) is 34.5 Å². The largest absolute Gasteiger partial charge is 0.179 e. The number of hydrogen-bond acceptors (Lipinski definition) is 5. The zero-order valence-electron chi connectivity index (χ0n) is 11.5. The third-order valence-corrected chi connectivity index (χ3v) is 9.49. The Morgan fingerprint density at radius 1 is 0.789 bits per heavy atom. The topological polar surface area (TPSA) is 0 Å². The average molecular weight is 355 g/mol. The summed E-state index contributed by atoms with van der Waals surface area (Å²) in [7, 11) is 0. The van der Waals surface area contributed by atoms with Gasteiger partial charge in [0.2, 0.25) is 0 Å². The Hall–Kier alpha value is 1.75. The van der Waals surface area contributed by atoms with Crippen molar-refractivity contribution in [3.8, 4) is 0 Å². The molecule has 0 aromatic rings. The maximum absolute atomic E-state index is 4.31. The molecule has 2 aliphatic rings. The van der Waals surface area contributed by atoms with Crippen molar-refractivity contribution >= 4 is 60.5 Å².